The Labute approximate surface area is 197 Å². The number of rotatable bonds is 11. The second-order valence-corrected chi connectivity index (χ2v) is 7.47. The molecule has 0 heterocycles. The molecule has 0 aromatic heterocycles. The lowest BCUT2D eigenvalue weighted by Gasteiger charge is -2.45. The number of carbonyl (C=O) groups is 1. The Morgan fingerprint density at radius 3 is 1.29 bits per heavy atom. The van der Waals surface area contributed by atoms with Gasteiger partial charge < -0.3 is 9.84 Å². The normalized spacial score (nSPS) is 16.3. The number of esters is 1. The van der Waals surface area contributed by atoms with E-state index in [1.165, 1.54) is 0 Å². The average molecular weight is 612 g/mol. The van der Waals surface area contributed by atoms with Gasteiger partial charge in [0, 0.05) is 12.0 Å². The lowest BCUT2D eigenvalue weighted by atomic mass is 9.83. The third-order valence-electron chi connectivity index (χ3n) is 4.50. The molecule has 1 N–H and O–H groups in total. The molecule has 0 bridgehead atoms. The lowest BCUT2D eigenvalue weighted by molar-refractivity contribution is -0.472. The van der Waals surface area contributed by atoms with Gasteiger partial charge in [0.25, 0.3) is 0 Å². The monoisotopic (exact) mass is 612 g/mol. The molecule has 0 saturated heterocycles. The number of alkyl halides is 19. The zero-order valence-electron chi connectivity index (χ0n) is 17.6. The molecule has 0 amide bonds. The molecule has 0 aliphatic carbocycles. The van der Waals surface area contributed by atoms with E-state index in [4.69, 9.17) is 5.11 Å². The fourth-order valence-corrected chi connectivity index (χ4v) is 2.33. The summed E-state index contributed by atoms with van der Waals surface area (Å²) in [7, 11) is 0. The van der Waals surface area contributed by atoms with E-state index in [-0.39, 0.29) is 0 Å². The lowest BCUT2D eigenvalue weighted by Crippen LogP contribution is -2.77. The van der Waals surface area contributed by atoms with Gasteiger partial charge in [-0.1, -0.05) is 6.58 Å². The first-order valence-electron chi connectivity index (χ1n) is 8.82. The van der Waals surface area contributed by atoms with Gasteiger partial charge in [0.05, 0.1) is 6.10 Å². The molecule has 0 aliphatic rings. The van der Waals surface area contributed by atoms with Crippen LogP contribution in [0.4, 0.5) is 83.4 Å². The molecule has 22 heteroatoms. The molecule has 0 aliphatic heterocycles. The van der Waals surface area contributed by atoms with E-state index >= 15 is 0 Å². The third-order valence-corrected chi connectivity index (χ3v) is 4.50. The van der Waals surface area contributed by atoms with Gasteiger partial charge in [-0.15, -0.1) is 0 Å². The second kappa shape index (κ2) is 9.79. The molecule has 1 atom stereocenters. The van der Waals surface area contributed by atoms with Crippen molar-refractivity contribution < 1.29 is 98.1 Å². The van der Waals surface area contributed by atoms with Gasteiger partial charge in [0.1, 0.15) is 6.61 Å². The molecule has 0 aromatic rings. The molecule has 38 heavy (non-hydrogen) atoms. The van der Waals surface area contributed by atoms with E-state index in [1.807, 2.05) is 0 Å². The van der Waals surface area contributed by atoms with Crippen molar-refractivity contribution in [3.05, 3.63) is 12.2 Å². The Morgan fingerprint density at radius 2 is 0.974 bits per heavy atom. The van der Waals surface area contributed by atoms with Crippen LogP contribution in [-0.4, -0.2) is 77.3 Å². The summed E-state index contributed by atoms with van der Waals surface area (Å²) in [5.74, 6) is -52.4. The standard InChI is InChI=1S/C16H11F19O3/c1-5(2)7(37)38-4-6(36)3-8(17,18)10(20,21)12(24,25)14(28,29)13(26,27)11(22,23)9(19,15(30,31)32)16(33,34)35/h6,36H,1,3-4H2,2H3/t6-/m1/s1. The Morgan fingerprint density at radius 1 is 0.658 bits per heavy atom. The average Bonchev–Trinajstić information content (AvgIpc) is 2.68. The second-order valence-electron chi connectivity index (χ2n) is 7.47. The fraction of sp³-hybridized carbons (Fsp3) is 0.812. The highest BCUT2D eigenvalue weighted by Gasteiger charge is 2.98. The van der Waals surface area contributed by atoms with Crippen LogP contribution < -0.4 is 0 Å². The van der Waals surface area contributed by atoms with E-state index in [1.54, 1.807) is 0 Å². The van der Waals surface area contributed by atoms with Crippen LogP contribution in [0.15, 0.2) is 12.2 Å². The first kappa shape index (κ1) is 35.8. The number of hydrogen-bond acceptors (Lipinski definition) is 3. The van der Waals surface area contributed by atoms with Crippen molar-refractivity contribution in [2.75, 3.05) is 6.61 Å². The van der Waals surface area contributed by atoms with Crippen molar-refractivity contribution in [3.8, 4) is 0 Å². The van der Waals surface area contributed by atoms with E-state index in [9.17, 15) is 88.2 Å². The summed E-state index contributed by atoms with van der Waals surface area (Å²) in [6.07, 6.45) is -23.2. The molecule has 0 unspecified atom stereocenters. The van der Waals surface area contributed by atoms with Crippen molar-refractivity contribution >= 4 is 5.97 Å². The van der Waals surface area contributed by atoms with Crippen molar-refractivity contribution in [2.24, 2.45) is 0 Å². The van der Waals surface area contributed by atoms with Gasteiger partial charge in [-0.25, -0.2) is 9.18 Å². The zero-order valence-corrected chi connectivity index (χ0v) is 17.6. The highest BCUT2D eigenvalue weighted by molar-refractivity contribution is 5.86. The van der Waals surface area contributed by atoms with Gasteiger partial charge in [0.15, 0.2) is 0 Å². The molecule has 0 rings (SSSR count). The Balaban J connectivity index is 6.69. The Bertz CT molecular complexity index is 871. The SMILES string of the molecule is C=C(C)C(=O)OC[C@H](O)CC(F)(F)C(F)(F)C(F)(F)C(F)(F)C(F)(F)C(F)(F)C(F)(C(F)(F)F)C(F)(F)F. The maximum atomic E-state index is 13.7. The summed E-state index contributed by atoms with van der Waals surface area (Å²) in [5, 5.41) is 9.10. The number of carbonyl (C=O) groups excluding carboxylic acids is 1. The smallest absolute Gasteiger partial charge is 0.438 e. The molecule has 0 spiro atoms. The van der Waals surface area contributed by atoms with Gasteiger partial charge in [0.2, 0.25) is 0 Å². The van der Waals surface area contributed by atoms with Crippen LogP contribution in [-0.2, 0) is 9.53 Å². The molecule has 226 valence electrons. The third kappa shape index (κ3) is 5.19. The van der Waals surface area contributed by atoms with Crippen molar-refractivity contribution in [1.82, 2.24) is 0 Å². The van der Waals surface area contributed by atoms with Crippen molar-refractivity contribution in [2.45, 2.75) is 73.0 Å². The summed E-state index contributed by atoms with van der Waals surface area (Å²) in [6.45, 7) is 1.94. The molecule has 0 aromatic carbocycles. The van der Waals surface area contributed by atoms with Crippen LogP contribution in [0.5, 0.6) is 0 Å². The molecular formula is C16H11F19O3. The maximum absolute atomic E-state index is 13.7. The van der Waals surface area contributed by atoms with E-state index in [2.05, 4.69) is 11.3 Å². The van der Waals surface area contributed by atoms with Crippen LogP contribution in [0.2, 0.25) is 0 Å². The van der Waals surface area contributed by atoms with Gasteiger partial charge in [-0.05, 0) is 6.92 Å². The van der Waals surface area contributed by atoms with Crippen LogP contribution in [0.3, 0.4) is 0 Å². The maximum Gasteiger partial charge on any atom is 0.438 e. The first-order chi connectivity index (χ1) is 16.2. The zero-order chi connectivity index (χ0) is 31.4. The fourth-order valence-electron chi connectivity index (χ4n) is 2.33. The largest absolute Gasteiger partial charge is 0.460 e. The molecule has 0 saturated carbocycles. The topological polar surface area (TPSA) is 46.5 Å². The van der Waals surface area contributed by atoms with Crippen molar-refractivity contribution in [3.63, 3.8) is 0 Å². The summed E-state index contributed by atoms with van der Waals surface area (Å²) in [5.41, 5.74) is -9.36. The van der Waals surface area contributed by atoms with Crippen LogP contribution >= 0.6 is 0 Å². The van der Waals surface area contributed by atoms with Crippen LogP contribution in [0, 0.1) is 0 Å². The Hall–Kier alpha value is -2.16. The first-order valence-corrected chi connectivity index (χ1v) is 8.82. The van der Waals surface area contributed by atoms with Crippen LogP contribution in [0.1, 0.15) is 13.3 Å². The van der Waals surface area contributed by atoms with E-state index < -0.39 is 84.2 Å². The molecule has 0 fully saturated rings. The summed E-state index contributed by atoms with van der Waals surface area (Å²) < 4.78 is 255. The minimum atomic E-state index is -9.11. The summed E-state index contributed by atoms with van der Waals surface area (Å²) in [6, 6.07) is 0. The molecular weight excluding hydrogens is 601 g/mol. The number of aliphatic hydroxyl groups excluding tert-OH is 1. The van der Waals surface area contributed by atoms with E-state index in [0.717, 1.165) is 6.92 Å². The van der Waals surface area contributed by atoms with Gasteiger partial charge in [-0.3, -0.25) is 0 Å². The van der Waals surface area contributed by atoms with Crippen LogP contribution in [0.25, 0.3) is 0 Å². The number of ether oxygens (including phenoxy) is 1. The predicted molar refractivity (Wildman–Crippen MR) is 82.0 cm³/mol. The number of aliphatic hydroxyl groups is 1. The summed E-state index contributed by atoms with van der Waals surface area (Å²) in [4.78, 5) is 11.0. The van der Waals surface area contributed by atoms with E-state index in [0.29, 0.717) is 0 Å². The van der Waals surface area contributed by atoms with Gasteiger partial charge in [-0.2, -0.15) is 79.0 Å². The molecule has 3 nitrogen and oxygen atoms in total. The van der Waals surface area contributed by atoms with Gasteiger partial charge >= 0.3 is 59.5 Å². The highest BCUT2D eigenvalue weighted by Crippen LogP contribution is 2.66. The quantitative estimate of drug-likeness (QED) is 0.165. The Kier molecular flexibility index (Phi) is 9.23. The minimum Gasteiger partial charge on any atom is -0.460 e. The predicted octanol–water partition coefficient (Wildman–Crippen LogP) is 6.50. The van der Waals surface area contributed by atoms with Crippen molar-refractivity contribution in [1.29, 1.82) is 0 Å². The molecule has 0 radical (unpaired) electrons. The highest BCUT2D eigenvalue weighted by atomic mass is 19.4. The minimum absolute atomic E-state index is 0.551. The number of halogens is 19. The summed E-state index contributed by atoms with van der Waals surface area (Å²) >= 11 is 0. The number of hydrogen-bond donors (Lipinski definition) is 1.